The molecule has 2 aliphatic rings. The molecule has 1 aliphatic heterocycles. The fourth-order valence-corrected chi connectivity index (χ4v) is 3.43. The van der Waals surface area contributed by atoms with Crippen LogP contribution in [-0.2, 0) is 0 Å². The lowest BCUT2D eigenvalue weighted by Gasteiger charge is -2.37. The van der Waals surface area contributed by atoms with E-state index in [4.69, 9.17) is 0 Å². The number of hydrogen-bond acceptors (Lipinski definition) is 2. The van der Waals surface area contributed by atoms with Gasteiger partial charge in [0.05, 0.1) is 11.7 Å². The second-order valence-corrected chi connectivity index (χ2v) is 6.68. The molecule has 0 spiro atoms. The molecule has 3 rings (SSSR count). The number of anilines is 2. The van der Waals surface area contributed by atoms with Crippen molar-refractivity contribution < 1.29 is 4.39 Å². The molecule has 0 N–H and O–H groups in total. The first-order valence-corrected chi connectivity index (χ1v) is 8.35. The lowest BCUT2D eigenvalue weighted by atomic mass is 9.86. The van der Waals surface area contributed by atoms with E-state index in [1.165, 1.54) is 24.8 Å². The van der Waals surface area contributed by atoms with Crippen LogP contribution in [0.15, 0.2) is 54.3 Å². The molecule has 0 aromatic heterocycles. The van der Waals surface area contributed by atoms with E-state index in [1.54, 1.807) is 11.0 Å². The number of hydrogen-bond donors (Lipinski definition) is 0. The number of benzene rings is 1. The number of halogens is 1. The highest BCUT2D eigenvalue weighted by Gasteiger charge is 2.26. The molecule has 2 nitrogen and oxygen atoms in total. The molecule has 0 radical (unpaired) electrons. The number of nitrogens with zero attached hydrogens (tertiary/aromatic N) is 2. The Bertz CT molecular complexity index is 658. The summed E-state index contributed by atoms with van der Waals surface area (Å²) < 4.78 is 14.4. The Labute approximate surface area is 138 Å². The summed E-state index contributed by atoms with van der Waals surface area (Å²) in [5.74, 6) is 0.312. The average Bonchev–Trinajstić information content (AvgIpc) is 2.55. The summed E-state index contributed by atoms with van der Waals surface area (Å²) in [6, 6.07) is 5.79. The summed E-state index contributed by atoms with van der Waals surface area (Å²) in [5, 5.41) is 0. The molecule has 0 bridgehead atoms. The van der Waals surface area contributed by atoms with Gasteiger partial charge in [0.1, 0.15) is 5.82 Å². The first-order chi connectivity index (χ1) is 11.1. The molecule has 1 aliphatic carbocycles. The summed E-state index contributed by atoms with van der Waals surface area (Å²) in [6.07, 6.45) is 14.8. The van der Waals surface area contributed by atoms with Crippen LogP contribution in [0.5, 0.6) is 0 Å². The Balaban J connectivity index is 1.94. The highest BCUT2D eigenvalue weighted by Crippen LogP contribution is 2.33. The Kier molecular flexibility index (Phi) is 4.56. The molecule has 0 amide bonds. The molecule has 1 aromatic rings. The molecule has 2 unspecified atom stereocenters. The van der Waals surface area contributed by atoms with E-state index < -0.39 is 0 Å². The SMILES string of the molecule is CC1=CN(c2ccc(N(C)C)c(F)c2)C(C2C=CCCC2)C=C1. The Morgan fingerprint density at radius 1 is 1.22 bits per heavy atom. The van der Waals surface area contributed by atoms with Crippen LogP contribution in [0.1, 0.15) is 26.2 Å². The van der Waals surface area contributed by atoms with Crippen molar-refractivity contribution in [2.75, 3.05) is 23.9 Å². The summed E-state index contributed by atoms with van der Waals surface area (Å²) in [5.41, 5.74) is 2.73. The maximum atomic E-state index is 14.4. The van der Waals surface area contributed by atoms with Crippen LogP contribution >= 0.6 is 0 Å². The zero-order chi connectivity index (χ0) is 16.4. The van der Waals surface area contributed by atoms with Gasteiger partial charge in [-0.15, -0.1) is 0 Å². The number of allylic oxidation sites excluding steroid dienone is 3. The first kappa shape index (κ1) is 15.9. The monoisotopic (exact) mass is 312 g/mol. The third-order valence-corrected chi connectivity index (χ3v) is 4.66. The molecule has 1 aromatic carbocycles. The normalized spacial score (nSPS) is 23.8. The summed E-state index contributed by atoms with van der Waals surface area (Å²) in [6.45, 7) is 2.08. The average molecular weight is 312 g/mol. The van der Waals surface area contributed by atoms with Gasteiger partial charge in [0.2, 0.25) is 0 Å². The van der Waals surface area contributed by atoms with E-state index in [0.717, 1.165) is 5.69 Å². The van der Waals surface area contributed by atoms with Crippen LogP contribution < -0.4 is 9.80 Å². The molecule has 2 atom stereocenters. The van der Waals surface area contributed by atoms with Crippen molar-refractivity contribution in [2.45, 2.75) is 32.2 Å². The van der Waals surface area contributed by atoms with Gasteiger partial charge in [-0.05, 0) is 50.0 Å². The van der Waals surface area contributed by atoms with Gasteiger partial charge in [-0.2, -0.15) is 0 Å². The minimum Gasteiger partial charge on any atom is -0.375 e. The Morgan fingerprint density at radius 3 is 2.70 bits per heavy atom. The predicted molar refractivity (Wildman–Crippen MR) is 96.4 cm³/mol. The van der Waals surface area contributed by atoms with Gasteiger partial charge < -0.3 is 9.80 Å². The minimum absolute atomic E-state index is 0.175. The van der Waals surface area contributed by atoms with Crippen molar-refractivity contribution in [2.24, 2.45) is 5.92 Å². The Hall–Kier alpha value is -2.03. The van der Waals surface area contributed by atoms with Gasteiger partial charge in [-0.3, -0.25) is 0 Å². The van der Waals surface area contributed by atoms with Crippen molar-refractivity contribution in [1.82, 2.24) is 0 Å². The van der Waals surface area contributed by atoms with E-state index in [9.17, 15) is 4.39 Å². The number of rotatable bonds is 3. The van der Waals surface area contributed by atoms with Crippen LogP contribution in [0.4, 0.5) is 15.8 Å². The van der Waals surface area contributed by atoms with Gasteiger partial charge in [0.25, 0.3) is 0 Å². The molecule has 23 heavy (non-hydrogen) atoms. The highest BCUT2D eigenvalue weighted by atomic mass is 19.1. The van der Waals surface area contributed by atoms with Crippen LogP contribution in [0.2, 0.25) is 0 Å². The largest absolute Gasteiger partial charge is 0.375 e. The van der Waals surface area contributed by atoms with Gasteiger partial charge >= 0.3 is 0 Å². The topological polar surface area (TPSA) is 6.48 Å². The van der Waals surface area contributed by atoms with E-state index in [-0.39, 0.29) is 11.9 Å². The fourth-order valence-electron chi connectivity index (χ4n) is 3.43. The molecular formula is C20H25FN2. The molecule has 1 heterocycles. The van der Waals surface area contributed by atoms with Gasteiger partial charge in [0, 0.05) is 31.9 Å². The zero-order valence-electron chi connectivity index (χ0n) is 14.2. The molecule has 0 fully saturated rings. The summed E-state index contributed by atoms with van der Waals surface area (Å²) in [4.78, 5) is 4.02. The quantitative estimate of drug-likeness (QED) is 0.733. The Morgan fingerprint density at radius 2 is 2.04 bits per heavy atom. The third kappa shape index (κ3) is 3.34. The van der Waals surface area contributed by atoms with Crippen molar-refractivity contribution in [3.8, 4) is 0 Å². The molecular weight excluding hydrogens is 287 g/mol. The highest BCUT2D eigenvalue weighted by molar-refractivity contribution is 5.61. The van der Waals surface area contributed by atoms with Crippen LogP contribution in [-0.4, -0.2) is 20.1 Å². The van der Waals surface area contributed by atoms with E-state index in [1.807, 2.05) is 26.2 Å². The van der Waals surface area contributed by atoms with Crippen molar-refractivity contribution in [1.29, 1.82) is 0 Å². The van der Waals surface area contributed by atoms with Gasteiger partial charge in [0.15, 0.2) is 0 Å². The van der Waals surface area contributed by atoms with Crippen LogP contribution in [0.3, 0.4) is 0 Å². The molecule has 0 saturated carbocycles. The van der Waals surface area contributed by atoms with Gasteiger partial charge in [-0.1, -0.05) is 24.3 Å². The maximum absolute atomic E-state index is 14.4. The summed E-state index contributed by atoms with van der Waals surface area (Å²) in [7, 11) is 3.72. The second kappa shape index (κ2) is 6.61. The minimum atomic E-state index is -0.175. The lowest BCUT2D eigenvalue weighted by Crippen LogP contribution is -2.37. The van der Waals surface area contributed by atoms with Crippen molar-refractivity contribution in [3.05, 3.63) is 60.1 Å². The molecule has 122 valence electrons. The van der Waals surface area contributed by atoms with E-state index in [0.29, 0.717) is 11.6 Å². The van der Waals surface area contributed by atoms with Crippen molar-refractivity contribution in [3.63, 3.8) is 0 Å². The third-order valence-electron chi connectivity index (χ3n) is 4.66. The van der Waals surface area contributed by atoms with Crippen LogP contribution in [0.25, 0.3) is 0 Å². The van der Waals surface area contributed by atoms with Crippen LogP contribution in [0, 0.1) is 11.7 Å². The lowest BCUT2D eigenvalue weighted by molar-refractivity contribution is 0.484. The summed E-state index contributed by atoms with van der Waals surface area (Å²) >= 11 is 0. The van der Waals surface area contributed by atoms with E-state index in [2.05, 4.69) is 42.3 Å². The zero-order valence-corrected chi connectivity index (χ0v) is 14.2. The second-order valence-electron chi connectivity index (χ2n) is 6.68. The maximum Gasteiger partial charge on any atom is 0.148 e. The fraction of sp³-hybridized carbons (Fsp3) is 0.400. The molecule has 3 heteroatoms. The standard InChI is InChI=1S/C20H25FN2/c1-15-9-11-19(16-7-5-4-6-8-16)23(14-15)17-10-12-20(22(2)3)18(21)13-17/h5,7,9-14,16,19H,4,6,8H2,1-3H3. The van der Waals surface area contributed by atoms with Gasteiger partial charge in [-0.25, -0.2) is 4.39 Å². The van der Waals surface area contributed by atoms with Crippen molar-refractivity contribution >= 4 is 11.4 Å². The smallest absolute Gasteiger partial charge is 0.148 e. The first-order valence-electron chi connectivity index (χ1n) is 8.35. The molecule has 0 saturated heterocycles. The predicted octanol–water partition coefficient (Wildman–Crippen LogP) is 4.90. The van der Waals surface area contributed by atoms with E-state index >= 15 is 0 Å².